The molecule has 0 aliphatic carbocycles. The molecule has 1 heterocycles. The molecule has 0 bridgehead atoms. The van der Waals surface area contributed by atoms with Gasteiger partial charge in [0.05, 0.1) is 3.79 Å². The van der Waals surface area contributed by atoms with Gasteiger partial charge in [-0.05, 0) is 47.8 Å². The second-order valence-electron chi connectivity index (χ2n) is 4.51. The van der Waals surface area contributed by atoms with Crippen molar-refractivity contribution in [2.24, 2.45) is 0 Å². The highest BCUT2D eigenvalue weighted by molar-refractivity contribution is 9.11. The van der Waals surface area contributed by atoms with Crippen LogP contribution in [0.3, 0.4) is 0 Å². The monoisotopic (exact) mass is 369 g/mol. The normalized spacial score (nSPS) is 15.2. The molecule has 0 radical (unpaired) electrons. The van der Waals surface area contributed by atoms with Gasteiger partial charge < -0.3 is 5.11 Å². The molecule has 1 aromatic heterocycles. The lowest BCUT2D eigenvalue weighted by atomic mass is 9.98. The smallest absolute Gasteiger partial charge is 0.324 e. The lowest BCUT2D eigenvalue weighted by Gasteiger charge is -2.24. The Kier molecular flexibility index (Phi) is 5.16. The van der Waals surface area contributed by atoms with E-state index in [0.29, 0.717) is 6.42 Å². The minimum Gasteiger partial charge on any atom is -0.480 e. The van der Waals surface area contributed by atoms with Crippen LogP contribution in [0.15, 0.2) is 14.1 Å². The summed E-state index contributed by atoms with van der Waals surface area (Å²) in [6.07, 6.45) is 0.797. The predicted molar refractivity (Wildman–Crippen MR) is 78.0 cm³/mol. The first-order chi connectivity index (χ1) is 8.62. The number of aryl methyl sites for hydroxylation is 1. The summed E-state index contributed by atoms with van der Waals surface area (Å²) in [6, 6.07) is 1.52. The van der Waals surface area contributed by atoms with Crippen molar-refractivity contribution in [3.8, 4) is 0 Å². The summed E-state index contributed by atoms with van der Waals surface area (Å²) in [4.78, 5) is 11.3. The maximum atomic E-state index is 12.2. The Morgan fingerprint density at radius 1 is 1.58 bits per heavy atom. The first kappa shape index (κ1) is 16.6. The fraction of sp³-hybridized carbons (Fsp3) is 0.545. The van der Waals surface area contributed by atoms with Crippen molar-refractivity contribution in [3.63, 3.8) is 0 Å². The van der Waals surface area contributed by atoms with Gasteiger partial charge in [-0.1, -0.05) is 13.3 Å². The molecule has 0 aromatic carbocycles. The molecular formula is C11H16BrNO4S2. The molecule has 5 nitrogen and oxygen atoms in total. The van der Waals surface area contributed by atoms with E-state index in [4.69, 9.17) is 0 Å². The Balaban J connectivity index is 3.11. The fourth-order valence-electron chi connectivity index (χ4n) is 1.61. The highest BCUT2D eigenvalue weighted by atomic mass is 79.9. The van der Waals surface area contributed by atoms with E-state index in [0.717, 1.165) is 20.7 Å². The lowest BCUT2D eigenvalue weighted by Crippen LogP contribution is -2.51. The van der Waals surface area contributed by atoms with Crippen LogP contribution in [0.1, 0.15) is 32.3 Å². The summed E-state index contributed by atoms with van der Waals surface area (Å²) in [5, 5.41) is 9.20. The minimum atomic E-state index is -3.83. The van der Waals surface area contributed by atoms with E-state index in [1.165, 1.54) is 13.0 Å². The summed E-state index contributed by atoms with van der Waals surface area (Å²) < 4.78 is 27.5. The Bertz CT molecular complexity index is 562. The van der Waals surface area contributed by atoms with Crippen molar-refractivity contribution in [1.29, 1.82) is 0 Å². The van der Waals surface area contributed by atoms with Gasteiger partial charge in [-0.3, -0.25) is 4.79 Å². The number of hydrogen-bond acceptors (Lipinski definition) is 4. The molecule has 0 fully saturated rings. The van der Waals surface area contributed by atoms with Gasteiger partial charge in [-0.15, -0.1) is 11.3 Å². The first-order valence-corrected chi connectivity index (χ1v) is 8.75. The van der Waals surface area contributed by atoms with Crippen LogP contribution in [0, 0.1) is 6.92 Å². The number of thiophene rings is 1. The Morgan fingerprint density at radius 3 is 2.53 bits per heavy atom. The van der Waals surface area contributed by atoms with Crippen LogP contribution in [0.5, 0.6) is 0 Å². The third-order valence-electron chi connectivity index (χ3n) is 2.68. The Morgan fingerprint density at radius 2 is 2.16 bits per heavy atom. The summed E-state index contributed by atoms with van der Waals surface area (Å²) >= 11 is 4.32. The third-order valence-corrected chi connectivity index (χ3v) is 6.89. The summed E-state index contributed by atoms with van der Waals surface area (Å²) in [6.45, 7) is 4.97. The van der Waals surface area contributed by atoms with Crippen LogP contribution < -0.4 is 4.72 Å². The molecule has 1 atom stereocenters. The molecule has 1 aromatic rings. The van der Waals surface area contributed by atoms with Gasteiger partial charge in [0.2, 0.25) is 0 Å². The fourth-order valence-corrected chi connectivity index (χ4v) is 5.23. The molecule has 19 heavy (non-hydrogen) atoms. The summed E-state index contributed by atoms with van der Waals surface area (Å²) in [5.74, 6) is -1.18. The quantitative estimate of drug-likeness (QED) is 0.807. The van der Waals surface area contributed by atoms with Crippen molar-refractivity contribution in [1.82, 2.24) is 4.72 Å². The van der Waals surface area contributed by atoms with Gasteiger partial charge in [0.25, 0.3) is 10.0 Å². The Labute approximate surface area is 125 Å². The lowest BCUT2D eigenvalue weighted by molar-refractivity contribution is -0.143. The molecule has 0 spiro atoms. The van der Waals surface area contributed by atoms with Crippen molar-refractivity contribution < 1.29 is 18.3 Å². The van der Waals surface area contributed by atoms with Crippen LogP contribution in [-0.4, -0.2) is 25.0 Å². The highest BCUT2D eigenvalue weighted by Gasteiger charge is 2.37. The number of halogens is 1. The molecule has 2 N–H and O–H groups in total. The number of rotatable bonds is 6. The van der Waals surface area contributed by atoms with Crippen LogP contribution in [0.4, 0.5) is 0 Å². The zero-order valence-corrected chi connectivity index (χ0v) is 14.1. The molecule has 0 amide bonds. The summed E-state index contributed by atoms with van der Waals surface area (Å²) in [7, 11) is -3.83. The second kappa shape index (κ2) is 5.90. The van der Waals surface area contributed by atoms with E-state index >= 15 is 0 Å². The van der Waals surface area contributed by atoms with Crippen LogP contribution in [0.2, 0.25) is 0 Å². The van der Waals surface area contributed by atoms with E-state index in [9.17, 15) is 18.3 Å². The number of carboxylic acids is 1. The minimum absolute atomic E-state index is 0.112. The maximum absolute atomic E-state index is 12.2. The van der Waals surface area contributed by atoms with Gasteiger partial charge in [0, 0.05) is 0 Å². The highest BCUT2D eigenvalue weighted by Crippen LogP contribution is 2.31. The number of carboxylic acid groups (broad SMARTS) is 1. The first-order valence-electron chi connectivity index (χ1n) is 5.65. The topological polar surface area (TPSA) is 83.5 Å². The number of nitrogens with one attached hydrogen (secondary N) is 1. The van der Waals surface area contributed by atoms with E-state index < -0.39 is 21.5 Å². The molecule has 0 saturated heterocycles. The number of sulfonamides is 1. The number of hydrogen-bond donors (Lipinski definition) is 2. The van der Waals surface area contributed by atoms with Gasteiger partial charge in [0.15, 0.2) is 0 Å². The van der Waals surface area contributed by atoms with Gasteiger partial charge in [0.1, 0.15) is 9.75 Å². The molecule has 0 aliphatic heterocycles. The van der Waals surface area contributed by atoms with E-state index in [1.807, 2.05) is 0 Å². The van der Waals surface area contributed by atoms with Crippen molar-refractivity contribution >= 4 is 43.3 Å². The van der Waals surface area contributed by atoms with Gasteiger partial charge in [-0.25, -0.2) is 8.42 Å². The Hall–Kier alpha value is -0.440. The van der Waals surface area contributed by atoms with Gasteiger partial charge in [-0.2, -0.15) is 4.72 Å². The van der Waals surface area contributed by atoms with Crippen molar-refractivity contribution in [3.05, 3.63) is 15.4 Å². The molecule has 0 aliphatic rings. The van der Waals surface area contributed by atoms with E-state index in [-0.39, 0.29) is 10.6 Å². The van der Waals surface area contributed by atoms with E-state index in [1.54, 1.807) is 13.8 Å². The molecule has 108 valence electrons. The standard InChI is InChI=1S/C11H16BrNO4S2/c1-4-5-11(3,10(14)15)13-19(16,17)8-6-7(2)9(12)18-8/h6,13H,4-5H2,1-3H3,(H,14,15). The van der Waals surface area contributed by atoms with Gasteiger partial charge >= 0.3 is 5.97 Å². The van der Waals surface area contributed by atoms with E-state index in [2.05, 4.69) is 20.7 Å². The largest absolute Gasteiger partial charge is 0.480 e. The predicted octanol–water partition coefficient (Wildman–Crippen LogP) is 2.74. The molecule has 0 saturated carbocycles. The zero-order chi connectivity index (χ0) is 14.8. The van der Waals surface area contributed by atoms with Crippen LogP contribution >= 0.6 is 27.3 Å². The maximum Gasteiger partial charge on any atom is 0.324 e. The SMILES string of the molecule is CCCC(C)(NS(=O)(=O)c1cc(C)c(Br)s1)C(=O)O. The number of carbonyl (C=O) groups is 1. The van der Waals surface area contributed by atoms with Crippen molar-refractivity contribution in [2.45, 2.75) is 43.4 Å². The zero-order valence-electron chi connectivity index (χ0n) is 10.9. The average Bonchev–Trinajstić information content (AvgIpc) is 2.59. The average molecular weight is 370 g/mol. The molecule has 8 heteroatoms. The molecule has 1 rings (SSSR count). The third kappa shape index (κ3) is 3.77. The van der Waals surface area contributed by atoms with Crippen molar-refractivity contribution in [2.75, 3.05) is 0 Å². The second-order valence-corrected chi connectivity index (χ2v) is 8.79. The summed E-state index contributed by atoms with van der Waals surface area (Å²) in [5.41, 5.74) is -0.685. The number of aliphatic carboxylic acids is 1. The van der Waals surface area contributed by atoms with Crippen LogP contribution in [-0.2, 0) is 14.8 Å². The molecular weight excluding hydrogens is 354 g/mol. The van der Waals surface area contributed by atoms with Crippen LogP contribution in [0.25, 0.3) is 0 Å². The molecule has 1 unspecified atom stereocenters.